The normalized spacial score (nSPS) is 12.5. The van der Waals surface area contributed by atoms with E-state index >= 15 is 0 Å². The summed E-state index contributed by atoms with van der Waals surface area (Å²) in [5.74, 6) is -0.889. The van der Waals surface area contributed by atoms with Crippen molar-refractivity contribution in [2.24, 2.45) is 0 Å². The molecule has 1 unspecified atom stereocenters. The fraction of sp³-hybridized carbons (Fsp3) is 0.312. The number of nitrogens with zero attached hydrogens (tertiary/aromatic N) is 1. The molecule has 0 bridgehead atoms. The summed E-state index contributed by atoms with van der Waals surface area (Å²) in [5.41, 5.74) is 2.73. The predicted octanol–water partition coefficient (Wildman–Crippen LogP) is 2.84. The van der Waals surface area contributed by atoms with Gasteiger partial charge in [-0.2, -0.15) is 11.3 Å². The molecule has 2 rings (SSSR count). The minimum Gasteiger partial charge on any atom is -0.478 e. The second kappa shape index (κ2) is 7.36. The average molecular weight is 304 g/mol. The van der Waals surface area contributed by atoms with Crippen LogP contribution in [0.3, 0.4) is 0 Å². The molecule has 112 valence electrons. The van der Waals surface area contributed by atoms with Crippen LogP contribution >= 0.6 is 11.3 Å². The number of thiophene rings is 1. The van der Waals surface area contributed by atoms with Gasteiger partial charge in [0.05, 0.1) is 5.56 Å². The highest BCUT2D eigenvalue weighted by Gasteiger charge is 2.13. The largest absolute Gasteiger partial charge is 0.478 e. The summed E-state index contributed by atoms with van der Waals surface area (Å²) in [5, 5.41) is 16.6. The SMILES string of the molecule is CN(C)C(CNCc1ccc(C(=O)O)cc1)c1ccsc1. The fourth-order valence-corrected chi connectivity index (χ4v) is 2.89. The van der Waals surface area contributed by atoms with E-state index in [4.69, 9.17) is 5.11 Å². The van der Waals surface area contributed by atoms with Crippen molar-refractivity contribution in [3.63, 3.8) is 0 Å². The van der Waals surface area contributed by atoms with Gasteiger partial charge in [-0.15, -0.1) is 0 Å². The molecule has 0 saturated carbocycles. The first-order chi connectivity index (χ1) is 10.1. The van der Waals surface area contributed by atoms with Gasteiger partial charge >= 0.3 is 5.97 Å². The molecule has 0 radical (unpaired) electrons. The molecular weight excluding hydrogens is 284 g/mol. The van der Waals surface area contributed by atoms with E-state index in [0.29, 0.717) is 11.6 Å². The lowest BCUT2D eigenvalue weighted by Crippen LogP contribution is -2.30. The van der Waals surface area contributed by atoms with Crippen LogP contribution in [-0.4, -0.2) is 36.6 Å². The summed E-state index contributed by atoms with van der Waals surface area (Å²) in [4.78, 5) is 13.0. The molecule has 1 aromatic heterocycles. The lowest BCUT2D eigenvalue weighted by atomic mass is 10.1. The van der Waals surface area contributed by atoms with Gasteiger partial charge in [0.1, 0.15) is 0 Å². The highest BCUT2D eigenvalue weighted by molar-refractivity contribution is 7.07. The maximum atomic E-state index is 10.8. The molecule has 1 aromatic carbocycles. The van der Waals surface area contributed by atoms with Gasteiger partial charge in [0.25, 0.3) is 0 Å². The fourth-order valence-electron chi connectivity index (χ4n) is 2.18. The minimum atomic E-state index is -0.889. The Hall–Kier alpha value is -1.69. The second-order valence-corrected chi connectivity index (χ2v) is 5.95. The third-order valence-electron chi connectivity index (χ3n) is 3.42. The summed E-state index contributed by atoms with van der Waals surface area (Å²) in [7, 11) is 4.15. The number of hydrogen-bond donors (Lipinski definition) is 2. The van der Waals surface area contributed by atoms with Gasteiger partial charge in [-0.25, -0.2) is 4.79 Å². The highest BCUT2D eigenvalue weighted by Crippen LogP contribution is 2.20. The Balaban J connectivity index is 1.89. The molecule has 0 saturated heterocycles. The number of aromatic carboxylic acids is 1. The van der Waals surface area contributed by atoms with Crippen molar-refractivity contribution in [1.29, 1.82) is 0 Å². The van der Waals surface area contributed by atoms with E-state index < -0.39 is 5.97 Å². The lowest BCUT2D eigenvalue weighted by molar-refractivity contribution is 0.0697. The van der Waals surface area contributed by atoms with Crippen molar-refractivity contribution in [2.45, 2.75) is 12.6 Å². The molecule has 4 nitrogen and oxygen atoms in total. The zero-order valence-electron chi connectivity index (χ0n) is 12.2. The molecule has 2 N–H and O–H groups in total. The van der Waals surface area contributed by atoms with Crippen LogP contribution in [0.1, 0.15) is 27.5 Å². The van der Waals surface area contributed by atoms with Crippen molar-refractivity contribution in [2.75, 3.05) is 20.6 Å². The molecule has 0 aliphatic rings. The Bertz CT molecular complexity index is 564. The summed E-state index contributed by atoms with van der Waals surface area (Å²) >= 11 is 1.71. The Labute approximate surface area is 129 Å². The summed E-state index contributed by atoms with van der Waals surface area (Å²) in [6.07, 6.45) is 0. The quantitative estimate of drug-likeness (QED) is 0.826. The molecule has 0 aliphatic carbocycles. The van der Waals surface area contributed by atoms with E-state index in [1.807, 2.05) is 12.1 Å². The first kappa shape index (κ1) is 15.7. The Morgan fingerprint density at radius 1 is 1.29 bits per heavy atom. The molecule has 1 atom stereocenters. The Kier molecular flexibility index (Phi) is 5.50. The number of carboxylic acids is 1. The smallest absolute Gasteiger partial charge is 0.335 e. The molecule has 5 heteroatoms. The van der Waals surface area contributed by atoms with Crippen molar-refractivity contribution >= 4 is 17.3 Å². The molecule has 1 heterocycles. The first-order valence-electron chi connectivity index (χ1n) is 6.79. The predicted molar refractivity (Wildman–Crippen MR) is 85.9 cm³/mol. The van der Waals surface area contributed by atoms with Crippen LogP contribution in [0.2, 0.25) is 0 Å². The molecule has 2 aromatic rings. The van der Waals surface area contributed by atoms with Crippen molar-refractivity contribution in [3.05, 3.63) is 57.8 Å². The maximum Gasteiger partial charge on any atom is 0.335 e. The van der Waals surface area contributed by atoms with Gasteiger partial charge in [-0.05, 0) is 54.2 Å². The van der Waals surface area contributed by atoms with E-state index in [1.165, 1.54) is 5.56 Å². The van der Waals surface area contributed by atoms with Crippen LogP contribution in [0.25, 0.3) is 0 Å². The number of likely N-dealkylation sites (N-methyl/N-ethyl adjacent to an activating group) is 1. The highest BCUT2D eigenvalue weighted by atomic mass is 32.1. The third-order valence-corrected chi connectivity index (χ3v) is 4.12. The van der Waals surface area contributed by atoms with E-state index in [2.05, 4.69) is 41.1 Å². The minimum absolute atomic E-state index is 0.322. The van der Waals surface area contributed by atoms with Crippen molar-refractivity contribution in [1.82, 2.24) is 10.2 Å². The molecule has 0 fully saturated rings. The van der Waals surface area contributed by atoms with Crippen LogP contribution in [0.15, 0.2) is 41.1 Å². The van der Waals surface area contributed by atoms with Crippen LogP contribution < -0.4 is 5.32 Å². The standard InChI is InChI=1S/C16H20N2O2S/c1-18(2)15(14-7-8-21-11-14)10-17-9-12-3-5-13(6-4-12)16(19)20/h3-8,11,15,17H,9-10H2,1-2H3,(H,19,20). The molecule has 0 amide bonds. The van der Waals surface area contributed by atoms with Gasteiger partial charge in [0, 0.05) is 19.1 Å². The lowest BCUT2D eigenvalue weighted by Gasteiger charge is -2.24. The van der Waals surface area contributed by atoms with E-state index in [-0.39, 0.29) is 0 Å². The third kappa shape index (κ3) is 4.39. The van der Waals surface area contributed by atoms with E-state index in [1.54, 1.807) is 23.5 Å². The zero-order valence-corrected chi connectivity index (χ0v) is 13.1. The Morgan fingerprint density at radius 2 is 2.00 bits per heavy atom. The number of nitrogens with one attached hydrogen (secondary N) is 1. The van der Waals surface area contributed by atoms with Gasteiger partial charge in [0.2, 0.25) is 0 Å². The zero-order chi connectivity index (χ0) is 15.2. The number of benzene rings is 1. The van der Waals surface area contributed by atoms with Gasteiger partial charge in [0.15, 0.2) is 0 Å². The van der Waals surface area contributed by atoms with E-state index in [9.17, 15) is 4.79 Å². The van der Waals surface area contributed by atoms with Gasteiger partial charge in [-0.3, -0.25) is 0 Å². The van der Waals surface area contributed by atoms with E-state index in [0.717, 1.165) is 18.7 Å². The van der Waals surface area contributed by atoms with Crippen LogP contribution in [0.4, 0.5) is 0 Å². The second-order valence-electron chi connectivity index (χ2n) is 5.17. The number of carboxylic acid groups (broad SMARTS) is 1. The van der Waals surface area contributed by atoms with Crippen molar-refractivity contribution < 1.29 is 9.90 Å². The first-order valence-corrected chi connectivity index (χ1v) is 7.73. The van der Waals surface area contributed by atoms with Gasteiger partial charge in [-0.1, -0.05) is 12.1 Å². The monoisotopic (exact) mass is 304 g/mol. The topological polar surface area (TPSA) is 52.6 Å². The summed E-state index contributed by atoms with van der Waals surface area (Å²) in [6, 6.07) is 9.48. The molecule has 0 aliphatic heterocycles. The molecule has 0 spiro atoms. The summed E-state index contributed by atoms with van der Waals surface area (Å²) in [6.45, 7) is 1.58. The number of carbonyl (C=O) groups is 1. The average Bonchev–Trinajstić information content (AvgIpc) is 2.97. The van der Waals surface area contributed by atoms with Crippen LogP contribution in [0.5, 0.6) is 0 Å². The van der Waals surface area contributed by atoms with Gasteiger partial charge < -0.3 is 15.3 Å². The molecule has 21 heavy (non-hydrogen) atoms. The van der Waals surface area contributed by atoms with Crippen LogP contribution in [0, 0.1) is 0 Å². The number of hydrogen-bond acceptors (Lipinski definition) is 4. The van der Waals surface area contributed by atoms with Crippen LogP contribution in [-0.2, 0) is 6.54 Å². The summed E-state index contributed by atoms with van der Waals surface area (Å²) < 4.78 is 0. The van der Waals surface area contributed by atoms with Crippen molar-refractivity contribution in [3.8, 4) is 0 Å². The maximum absolute atomic E-state index is 10.8. The number of rotatable bonds is 7. The Morgan fingerprint density at radius 3 is 2.52 bits per heavy atom. The molecular formula is C16H20N2O2S.